The van der Waals surface area contributed by atoms with Crippen LogP contribution in [0.25, 0.3) is 0 Å². The van der Waals surface area contributed by atoms with Gasteiger partial charge in [-0.25, -0.2) is 4.89 Å². The van der Waals surface area contributed by atoms with E-state index in [1.54, 1.807) is 0 Å². The molecule has 1 unspecified atom stereocenters. The van der Waals surface area contributed by atoms with E-state index in [-0.39, 0.29) is 0 Å². The Morgan fingerprint density at radius 2 is 0.500 bits per heavy atom. The molecule has 0 aromatic carbocycles. The SMILES string of the molecule is O=S(O)OO[C@@H]1[C@@H](O)[C@H]2O[C@H]3[C@H](O)[C@@H](O)[C@@H](O[C@H]4[C@H](O)[C@@H](O)[C@@H](O[C@H]5[C@H](O)[C@@H](O)[C@@H](O[C@H]6[C@H](O)[C@@H](O)[C@@H](O[C@H]7[C@H](O)[C@@H](O)[C@@H](O[C@H]1[C@@H](CO)O2)O[C@@H]7CO)O[C@@H]6CO)O[C@@H]5CO)O[C@@H]4CO)O[C@@H]3CO. The van der Waals surface area contributed by atoms with E-state index in [1.807, 2.05) is 0 Å². The zero-order valence-corrected chi connectivity index (χ0v) is 37.0. The minimum Gasteiger partial charge on any atom is -0.394 e. The molecule has 22 rings (SSSR count). The number of ether oxygens (including phenoxy) is 12. The van der Waals surface area contributed by atoms with Gasteiger partial charge in [0.2, 0.25) is 0 Å². The van der Waals surface area contributed by atoms with Crippen molar-refractivity contribution >= 4 is 11.4 Å². The van der Waals surface area contributed by atoms with E-state index < -0.39 is 235 Å². The van der Waals surface area contributed by atoms with Gasteiger partial charge < -0.3 is 144 Å². The van der Waals surface area contributed by atoms with E-state index in [9.17, 15) is 95.6 Å². The fourth-order valence-corrected chi connectivity index (χ4v) is 9.26. The molecule has 22 saturated heterocycles. The smallest absolute Gasteiger partial charge is 0.331 e. The Hall–Kier alpha value is -1.13. The first-order chi connectivity index (χ1) is 33.3. The molecule has 0 aromatic heterocycles. The van der Waals surface area contributed by atoms with Crippen molar-refractivity contribution in [2.45, 2.75) is 184 Å². The van der Waals surface area contributed by atoms with Crippen molar-refractivity contribution in [1.29, 1.82) is 0 Å². The monoisotopic (exact) mass is 1050 g/mol. The third-order valence-electron chi connectivity index (χ3n) is 12.9. The molecule has 22 fully saturated rings. The highest BCUT2D eigenvalue weighted by Gasteiger charge is 2.59. The van der Waals surface area contributed by atoms with Crippen LogP contribution in [0.3, 0.4) is 0 Å². The maximum Gasteiger partial charge on any atom is 0.331 e. The average Bonchev–Trinajstić information content (AvgIpc) is 3.34. The Morgan fingerprint density at radius 1 is 0.300 bits per heavy atom. The summed E-state index contributed by atoms with van der Waals surface area (Å²) in [7, 11) is 0. The molecule has 70 heavy (non-hydrogen) atoms. The largest absolute Gasteiger partial charge is 0.394 e. The molecule has 18 N–H and O–H groups in total. The summed E-state index contributed by atoms with van der Waals surface area (Å²) in [6.07, 6.45) is -60.5. The van der Waals surface area contributed by atoms with Crippen LogP contribution in [0.15, 0.2) is 0 Å². The zero-order chi connectivity index (χ0) is 51.0. The number of aliphatic hydroxyl groups is 17. The second kappa shape index (κ2) is 24.3. The lowest BCUT2D eigenvalue weighted by Crippen LogP contribution is -2.69. The number of hydrogen-bond donors (Lipinski definition) is 18. The van der Waals surface area contributed by atoms with E-state index in [0.717, 1.165) is 0 Å². The Morgan fingerprint density at radius 3 is 0.714 bits per heavy atom. The van der Waals surface area contributed by atoms with Gasteiger partial charge in [0, 0.05) is 0 Å². The second-order valence-electron chi connectivity index (χ2n) is 17.2. The molecule has 33 nitrogen and oxygen atoms in total. The molecule has 0 aliphatic carbocycles. The molecule has 22 aliphatic rings. The lowest BCUT2D eigenvalue weighted by atomic mass is 9.94. The van der Waals surface area contributed by atoms with Crippen molar-refractivity contribution < 1.29 is 162 Å². The summed E-state index contributed by atoms with van der Waals surface area (Å²) in [4.78, 5) is 4.96. The Kier molecular flexibility index (Phi) is 19.6. The van der Waals surface area contributed by atoms with Gasteiger partial charge in [-0.1, -0.05) is 0 Å². The maximum atomic E-state index is 11.6. The molecule has 31 atom stereocenters. The molecule has 408 valence electrons. The topological polar surface area (TPSA) is 510 Å². The van der Waals surface area contributed by atoms with Gasteiger partial charge in [0.1, 0.15) is 140 Å². The quantitative estimate of drug-likeness (QED) is 0.0579. The summed E-state index contributed by atoms with van der Waals surface area (Å²) in [6, 6.07) is 0. The normalized spacial score (nSPS) is 53.3. The summed E-state index contributed by atoms with van der Waals surface area (Å²) >= 11 is -3.23. The van der Waals surface area contributed by atoms with Gasteiger partial charge in [0.05, 0.1) is 39.6 Å². The molecule has 0 aromatic rings. The fraction of sp³-hybridized carbons (Fsp3) is 1.00. The Labute approximate surface area is 396 Å². The van der Waals surface area contributed by atoms with Gasteiger partial charge in [0.15, 0.2) is 43.8 Å². The van der Waals surface area contributed by atoms with Gasteiger partial charge in [-0.05, 0) is 0 Å². The molecule has 0 radical (unpaired) electrons. The number of hydrogen-bond acceptors (Lipinski definition) is 32. The third kappa shape index (κ3) is 11.4. The predicted octanol–water partition coefficient (Wildman–Crippen LogP) is -13.0. The number of aliphatic hydroxyl groups excluding tert-OH is 17. The van der Waals surface area contributed by atoms with Crippen molar-refractivity contribution in [3.05, 3.63) is 0 Å². The summed E-state index contributed by atoms with van der Waals surface area (Å²) in [5, 5.41) is 186. The van der Waals surface area contributed by atoms with Crippen LogP contribution in [0.4, 0.5) is 0 Å². The lowest BCUT2D eigenvalue weighted by Gasteiger charge is -2.50. The minimum atomic E-state index is -3.23. The van der Waals surface area contributed by atoms with Gasteiger partial charge in [-0.3, -0.25) is 4.55 Å². The van der Waals surface area contributed by atoms with E-state index >= 15 is 0 Å². The molecule has 0 amide bonds. The van der Waals surface area contributed by atoms with Gasteiger partial charge in [0.25, 0.3) is 0 Å². The van der Waals surface area contributed by atoms with Crippen LogP contribution < -0.4 is 0 Å². The Balaban J connectivity index is 1.22. The summed E-state index contributed by atoms with van der Waals surface area (Å²) in [5.74, 6) is 0. The van der Waals surface area contributed by atoms with E-state index in [2.05, 4.69) is 4.33 Å². The summed E-state index contributed by atoms with van der Waals surface area (Å²) in [6.45, 7) is -6.32. The summed E-state index contributed by atoms with van der Waals surface area (Å²) in [5.41, 5.74) is 0. The fourth-order valence-electron chi connectivity index (χ4n) is 9.10. The highest BCUT2D eigenvalue weighted by Crippen LogP contribution is 2.38. The molecular weight excluding hydrogens is 992 g/mol. The van der Waals surface area contributed by atoms with Gasteiger partial charge >= 0.3 is 11.4 Å². The van der Waals surface area contributed by atoms with Crippen molar-refractivity contribution in [1.82, 2.24) is 0 Å². The molecule has 0 saturated carbocycles. The molecule has 22 heterocycles. The van der Waals surface area contributed by atoms with Crippen LogP contribution >= 0.6 is 0 Å². The second-order valence-corrected chi connectivity index (χ2v) is 17.8. The van der Waals surface area contributed by atoms with Crippen LogP contribution in [-0.2, 0) is 77.4 Å². The molecule has 12 bridgehead atoms. The van der Waals surface area contributed by atoms with Crippen LogP contribution in [0.2, 0.25) is 0 Å². The molecule has 22 aliphatic heterocycles. The van der Waals surface area contributed by atoms with Crippen LogP contribution in [-0.4, -0.2) is 319 Å². The third-order valence-corrected chi connectivity index (χ3v) is 13.0. The van der Waals surface area contributed by atoms with Crippen molar-refractivity contribution in [2.24, 2.45) is 0 Å². The van der Waals surface area contributed by atoms with Crippen LogP contribution in [0.5, 0.6) is 0 Å². The maximum absolute atomic E-state index is 11.6. The van der Waals surface area contributed by atoms with E-state index in [4.69, 9.17) is 61.7 Å². The minimum absolute atomic E-state index is 1.02. The first-order valence-corrected chi connectivity index (χ1v) is 22.8. The lowest BCUT2D eigenvalue weighted by molar-refractivity contribution is -0.416. The molecule has 34 heteroatoms. The first-order valence-electron chi connectivity index (χ1n) is 21.8. The van der Waals surface area contributed by atoms with Crippen molar-refractivity contribution in [3.63, 3.8) is 0 Å². The zero-order valence-electron chi connectivity index (χ0n) is 36.1. The van der Waals surface area contributed by atoms with E-state index in [0.29, 0.717) is 0 Å². The standard InChI is InChI=1S/C36H60O33S/c37-1-7-24-13(43)18(48)31(56-7)63-25-8(2-38)58-33(20(50)15(25)45)65-27-10(4-40)60-35(22(52)17(27)47)67-29-12(6-42)61-36(23(53)30(29)68-69-70(54)55)66-28-11(5-41)59-34(21(51)16(28)46)64-26-9(3-39)57-32(62-24)19(49)14(26)44/h7-53H,1-6H2,(H,54,55)/t7-,8-,9-,10-,11-,12-,13-,14-,15-,16-,17-,18-,19-,20-,21-,22-,23-,24-,25-,26-,27-,28-,29+,30-,31-,32-,33-,34-,35-,36-/m1/s1. The van der Waals surface area contributed by atoms with Crippen molar-refractivity contribution in [3.8, 4) is 0 Å². The van der Waals surface area contributed by atoms with Gasteiger partial charge in [-0.2, -0.15) is 4.21 Å². The predicted molar refractivity (Wildman–Crippen MR) is 207 cm³/mol. The highest BCUT2D eigenvalue weighted by molar-refractivity contribution is 7.74. The molecular formula is C36H60O33S. The average molecular weight is 1050 g/mol. The molecule has 0 spiro atoms. The van der Waals surface area contributed by atoms with Crippen molar-refractivity contribution in [2.75, 3.05) is 39.6 Å². The van der Waals surface area contributed by atoms with Crippen LogP contribution in [0, 0.1) is 0 Å². The van der Waals surface area contributed by atoms with E-state index in [1.165, 1.54) is 0 Å². The Bertz CT molecular complexity index is 1650. The summed E-state index contributed by atoms with van der Waals surface area (Å²) < 4.78 is 93.4. The highest BCUT2D eigenvalue weighted by atomic mass is 32.2. The van der Waals surface area contributed by atoms with Crippen LogP contribution in [0.1, 0.15) is 0 Å². The first kappa shape index (κ1) is 56.6. The number of rotatable bonds is 9. The van der Waals surface area contributed by atoms with Gasteiger partial charge in [-0.15, -0.1) is 4.33 Å².